The number of aliphatic hydroxyl groups is 1. The van der Waals surface area contributed by atoms with Gasteiger partial charge >= 0.3 is 6.18 Å². The van der Waals surface area contributed by atoms with Crippen molar-refractivity contribution in [3.05, 3.63) is 0 Å². The molecule has 0 rings (SSSR count). The van der Waals surface area contributed by atoms with Crippen molar-refractivity contribution >= 4 is 0 Å². The third-order valence-corrected chi connectivity index (χ3v) is 1.39. The Hall–Kier alpha value is -0.730. The molecule has 0 aromatic heterocycles. The molecule has 5 heteroatoms. The van der Waals surface area contributed by atoms with Gasteiger partial charge in [0, 0.05) is 13.0 Å². The first-order valence-corrected chi connectivity index (χ1v) is 3.87. The quantitative estimate of drug-likeness (QED) is 0.505. The third kappa shape index (κ3) is 6.43. The highest BCUT2D eigenvalue weighted by atomic mass is 19.4. The molecule has 1 unspecified atom stereocenters. The van der Waals surface area contributed by atoms with Crippen LogP contribution in [-0.4, -0.2) is 30.5 Å². The molecular formula is C8H12F3NO. The molecule has 1 atom stereocenters. The zero-order valence-electron chi connectivity index (χ0n) is 7.06. The molecule has 0 amide bonds. The predicted octanol–water partition coefficient (Wildman–Crippen LogP) is 0.913. The molecule has 0 aliphatic carbocycles. The Morgan fingerprint density at radius 2 is 2.08 bits per heavy atom. The second kappa shape index (κ2) is 5.84. The van der Waals surface area contributed by atoms with Crippen LogP contribution in [-0.2, 0) is 0 Å². The van der Waals surface area contributed by atoms with Crippen molar-refractivity contribution < 1.29 is 18.3 Å². The number of alkyl halides is 3. The minimum absolute atomic E-state index is 0.386. The summed E-state index contributed by atoms with van der Waals surface area (Å²) in [5.41, 5.74) is 0. The normalized spacial score (nSPS) is 13.8. The van der Waals surface area contributed by atoms with Gasteiger partial charge in [0.05, 0.1) is 0 Å². The Morgan fingerprint density at radius 1 is 1.46 bits per heavy atom. The summed E-state index contributed by atoms with van der Waals surface area (Å²) in [4.78, 5) is 0. The lowest BCUT2D eigenvalue weighted by Crippen LogP contribution is -2.38. The van der Waals surface area contributed by atoms with Crippen LogP contribution < -0.4 is 5.32 Å². The lowest BCUT2D eigenvalue weighted by Gasteiger charge is -2.14. The molecule has 0 saturated carbocycles. The van der Waals surface area contributed by atoms with Gasteiger partial charge in [0.2, 0.25) is 0 Å². The van der Waals surface area contributed by atoms with Gasteiger partial charge in [-0.05, 0) is 13.0 Å². The van der Waals surface area contributed by atoms with Crippen LogP contribution >= 0.6 is 0 Å². The summed E-state index contributed by atoms with van der Waals surface area (Å²) in [7, 11) is 0. The molecule has 0 aliphatic heterocycles. The Morgan fingerprint density at radius 3 is 2.54 bits per heavy atom. The summed E-state index contributed by atoms with van der Waals surface area (Å²) in [5.74, 6) is 2.36. The molecule has 0 saturated heterocycles. The minimum Gasteiger partial charge on any atom is -0.382 e. The summed E-state index contributed by atoms with van der Waals surface area (Å²) < 4.78 is 35.1. The summed E-state index contributed by atoms with van der Waals surface area (Å²) in [6.07, 6.45) is -0.768. The fraction of sp³-hybridized carbons (Fsp3) is 0.750. The smallest absolute Gasteiger partial charge is 0.382 e. The van der Waals surface area contributed by atoms with Crippen molar-refractivity contribution in [1.82, 2.24) is 5.32 Å². The van der Waals surface area contributed by atoms with Gasteiger partial charge in [0.1, 0.15) is 0 Å². The van der Waals surface area contributed by atoms with Crippen LogP contribution in [0.25, 0.3) is 0 Å². The Kier molecular flexibility index (Phi) is 5.51. The lowest BCUT2D eigenvalue weighted by molar-refractivity contribution is -0.201. The fourth-order valence-corrected chi connectivity index (χ4v) is 0.670. The number of hydrogen-bond donors (Lipinski definition) is 2. The van der Waals surface area contributed by atoms with Crippen LogP contribution in [0.4, 0.5) is 13.2 Å². The van der Waals surface area contributed by atoms with Gasteiger partial charge in [-0.2, -0.15) is 13.2 Å². The van der Waals surface area contributed by atoms with E-state index in [2.05, 4.69) is 11.2 Å². The average Bonchev–Trinajstić information content (AvgIpc) is 2.02. The Bertz CT molecular complexity index is 173. The van der Waals surface area contributed by atoms with Gasteiger partial charge in [-0.1, -0.05) is 0 Å². The van der Waals surface area contributed by atoms with E-state index < -0.39 is 18.8 Å². The molecule has 0 spiro atoms. The van der Waals surface area contributed by atoms with Crippen LogP contribution in [0.2, 0.25) is 0 Å². The molecule has 2 N–H and O–H groups in total. The van der Waals surface area contributed by atoms with Crippen LogP contribution in [0.15, 0.2) is 0 Å². The Labute approximate surface area is 75.1 Å². The summed E-state index contributed by atoms with van der Waals surface area (Å²) in [6.45, 7) is -0.0919. The van der Waals surface area contributed by atoms with Gasteiger partial charge in [-0.15, -0.1) is 12.3 Å². The number of terminal acetylenes is 1. The maximum Gasteiger partial charge on any atom is 0.415 e. The standard InChI is InChI=1S/C8H12F3NO/c1-2-3-4-5-12-6-7(13)8(9,10)11/h1,7,12-13H,3-6H2. The van der Waals surface area contributed by atoms with E-state index in [4.69, 9.17) is 11.5 Å². The fourth-order valence-electron chi connectivity index (χ4n) is 0.670. The summed E-state index contributed by atoms with van der Waals surface area (Å²) in [6, 6.07) is 0. The minimum atomic E-state index is -4.54. The van der Waals surface area contributed by atoms with Crippen molar-refractivity contribution in [3.63, 3.8) is 0 Å². The number of hydrogen-bond acceptors (Lipinski definition) is 2. The SMILES string of the molecule is C#CCCCNCC(O)C(F)(F)F. The molecule has 0 fully saturated rings. The third-order valence-electron chi connectivity index (χ3n) is 1.39. The number of aliphatic hydroxyl groups excluding tert-OH is 1. The molecule has 0 aromatic carbocycles. The number of rotatable bonds is 5. The molecule has 2 nitrogen and oxygen atoms in total. The monoisotopic (exact) mass is 195 g/mol. The van der Waals surface area contributed by atoms with Gasteiger partial charge in [0.25, 0.3) is 0 Å². The van der Waals surface area contributed by atoms with Crippen LogP contribution in [0.3, 0.4) is 0 Å². The van der Waals surface area contributed by atoms with E-state index >= 15 is 0 Å². The van der Waals surface area contributed by atoms with E-state index in [0.29, 0.717) is 19.4 Å². The molecule has 0 bridgehead atoms. The number of unbranched alkanes of at least 4 members (excludes halogenated alkanes) is 1. The lowest BCUT2D eigenvalue weighted by atomic mass is 10.3. The maximum absolute atomic E-state index is 11.7. The molecule has 0 aliphatic rings. The van der Waals surface area contributed by atoms with Crippen LogP contribution in [0, 0.1) is 12.3 Å². The molecular weight excluding hydrogens is 183 g/mol. The average molecular weight is 195 g/mol. The molecule has 0 radical (unpaired) electrons. The molecule has 0 heterocycles. The van der Waals surface area contributed by atoms with Gasteiger partial charge in [-0.25, -0.2) is 0 Å². The second-order valence-corrected chi connectivity index (χ2v) is 2.57. The largest absolute Gasteiger partial charge is 0.415 e. The van der Waals surface area contributed by atoms with Crippen molar-refractivity contribution in [1.29, 1.82) is 0 Å². The highest BCUT2D eigenvalue weighted by molar-refractivity contribution is 4.83. The molecule has 0 aromatic rings. The predicted molar refractivity (Wildman–Crippen MR) is 43.0 cm³/mol. The number of nitrogens with one attached hydrogen (secondary N) is 1. The first kappa shape index (κ1) is 12.3. The van der Waals surface area contributed by atoms with E-state index in [1.165, 1.54) is 0 Å². The van der Waals surface area contributed by atoms with E-state index in [0.717, 1.165) is 0 Å². The van der Waals surface area contributed by atoms with Gasteiger partial charge in [-0.3, -0.25) is 0 Å². The Balaban J connectivity index is 3.39. The first-order valence-electron chi connectivity index (χ1n) is 3.87. The van der Waals surface area contributed by atoms with E-state index in [-0.39, 0.29) is 0 Å². The topological polar surface area (TPSA) is 32.3 Å². The zero-order chi connectivity index (χ0) is 10.3. The van der Waals surface area contributed by atoms with Crippen molar-refractivity contribution in [2.24, 2.45) is 0 Å². The summed E-state index contributed by atoms with van der Waals surface area (Å²) in [5, 5.41) is 11.0. The van der Waals surface area contributed by atoms with E-state index in [1.54, 1.807) is 0 Å². The van der Waals surface area contributed by atoms with Gasteiger partial charge < -0.3 is 10.4 Å². The highest BCUT2D eigenvalue weighted by Crippen LogP contribution is 2.18. The first-order chi connectivity index (χ1) is 5.98. The van der Waals surface area contributed by atoms with E-state index in [1.807, 2.05) is 0 Å². The van der Waals surface area contributed by atoms with Crippen LogP contribution in [0.1, 0.15) is 12.8 Å². The van der Waals surface area contributed by atoms with Crippen molar-refractivity contribution in [3.8, 4) is 12.3 Å². The molecule has 76 valence electrons. The number of halogens is 3. The maximum atomic E-state index is 11.7. The van der Waals surface area contributed by atoms with Gasteiger partial charge in [0.15, 0.2) is 6.10 Å². The van der Waals surface area contributed by atoms with Crippen molar-refractivity contribution in [2.45, 2.75) is 25.1 Å². The van der Waals surface area contributed by atoms with Crippen molar-refractivity contribution in [2.75, 3.05) is 13.1 Å². The zero-order valence-corrected chi connectivity index (χ0v) is 7.06. The highest BCUT2D eigenvalue weighted by Gasteiger charge is 2.37. The summed E-state index contributed by atoms with van der Waals surface area (Å²) >= 11 is 0. The molecule has 13 heavy (non-hydrogen) atoms. The van der Waals surface area contributed by atoms with Crippen LogP contribution in [0.5, 0.6) is 0 Å². The second-order valence-electron chi connectivity index (χ2n) is 2.57. The van der Waals surface area contributed by atoms with E-state index in [9.17, 15) is 13.2 Å².